The third-order valence-electron chi connectivity index (χ3n) is 2.36. The van der Waals surface area contributed by atoms with Crippen molar-refractivity contribution in [3.8, 4) is 0 Å². The summed E-state index contributed by atoms with van der Waals surface area (Å²) in [6, 6.07) is 0. The second-order valence-corrected chi connectivity index (χ2v) is 3.48. The van der Waals surface area contributed by atoms with Crippen LogP contribution in [0.3, 0.4) is 0 Å². The van der Waals surface area contributed by atoms with Gasteiger partial charge in [-0.3, -0.25) is 0 Å². The zero-order chi connectivity index (χ0) is 10.8. The molecule has 0 radical (unpaired) electrons. The number of rotatable bonds is 4. The average molecular weight is 251 g/mol. The smallest absolute Gasteiger partial charge is 0.448 e. The van der Waals surface area contributed by atoms with Crippen molar-refractivity contribution < 1.29 is 73.8 Å². The van der Waals surface area contributed by atoms with Gasteiger partial charge < -0.3 is 27.3 Å². The van der Waals surface area contributed by atoms with Gasteiger partial charge in [0.2, 0.25) is 0 Å². The molecule has 0 aliphatic carbocycles. The van der Waals surface area contributed by atoms with Gasteiger partial charge in [-0.25, -0.2) is 0 Å². The van der Waals surface area contributed by atoms with Gasteiger partial charge in [-0.1, -0.05) is 0 Å². The van der Waals surface area contributed by atoms with Gasteiger partial charge in [0.1, 0.15) is 0 Å². The maximum atomic E-state index is 12.1. The average Bonchev–Trinajstić information content (AvgIpc) is 2.43. The van der Waals surface area contributed by atoms with Crippen LogP contribution in [0.5, 0.6) is 0 Å². The van der Waals surface area contributed by atoms with E-state index in [9.17, 15) is 12.9 Å². The molecule has 1 aliphatic heterocycles. The van der Waals surface area contributed by atoms with Crippen LogP contribution >= 0.6 is 0 Å². The number of halogens is 3. The number of hydrogen-bond donors (Lipinski definition) is 0. The van der Waals surface area contributed by atoms with E-state index in [1.165, 1.54) is 19.1 Å². The molecule has 0 aromatic rings. The zero-order valence-corrected chi connectivity index (χ0v) is 12.4. The summed E-state index contributed by atoms with van der Waals surface area (Å²) >= 11 is 0. The van der Waals surface area contributed by atoms with Crippen LogP contribution in [0.25, 0.3) is 0 Å². The topological polar surface area (TPSA) is 21.7 Å². The summed E-state index contributed by atoms with van der Waals surface area (Å²) in [6.45, 7) is -4.18. The first-order valence-corrected chi connectivity index (χ1v) is 4.45. The molecule has 0 aromatic carbocycles. The largest absolute Gasteiger partial charge is 1.00 e. The Morgan fingerprint density at radius 1 is 1.13 bits per heavy atom. The first-order chi connectivity index (χ1) is 6.46. The molecule has 1 saturated heterocycles. The molecule has 1 rings (SSSR count). The van der Waals surface area contributed by atoms with Gasteiger partial charge in [-0.05, 0) is 6.44 Å². The summed E-state index contributed by atoms with van der Waals surface area (Å²) in [5.74, 6) is 0. The van der Waals surface area contributed by atoms with Gasteiger partial charge in [0.15, 0.2) is 0 Å². The van der Waals surface area contributed by atoms with E-state index in [0.717, 1.165) is 0 Å². The van der Waals surface area contributed by atoms with Crippen LogP contribution in [0, 0.1) is 0 Å². The van der Waals surface area contributed by atoms with Crippen LogP contribution in [-0.4, -0.2) is 57.8 Å². The van der Waals surface area contributed by atoms with Crippen molar-refractivity contribution in [3.63, 3.8) is 0 Å². The normalized spacial score (nSPS) is 27.8. The summed E-state index contributed by atoms with van der Waals surface area (Å²) in [5.41, 5.74) is 0. The Labute approximate surface area is 130 Å². The minimum atomic E-state index is -4.75. The zero-order valence-electron chi connectivity index (χ0n) is 9.25. The van der Waals surface area contributed by atoms with Crippen molar-refractivity contribution >= 4 is 6.98 Å². The molecule has 15 heavy (non-hydrogen) atoms. The second-order valence-electron chi connectivity index (χ2n) is 3.48. The summed E-state index contributed by atoms with van der Waals surface area (Å²) in [6.07, 6.45) is -1.34. The van der Waals surface area contributed by atoms with Gasteiger partial charge >= 0.3 is 58.4 Å². The molecule has 1 fully saturated rings. The predicted molar refractivity (Wildman–Crippen MR) is 47.1 cm³/mol. The van der Waals surface area contributed by atoms with Gasteiger partial charge in [0.25, 0.3) is 0 Å². The monoisotopic (exact) mass is 251 g/mol. The van der Waals surface area contributed by atoms with Crippen LogP contribution in [-0.2, 0) is 9.47 Å². The summed E-state index contributed by atoms with van der Waals surface area (Å²) in [5, 5.41) is 0. The molecule has 0 amide bonds. The SMILES string of the molecule is COC1CN(C[B-](F)(F)F)CC1OC.[K+]. The Hall–Kier alpha value is 1.37. The molecule has 2 unspecified atom stereocenters. The van der Waals surface area contributed by atoms with E-state index >= 15 is 0 Å². The summed E-state index contributed by atoms with van der Waals surface area (Å²) < 4.78 is 46.4. The van der Waals surface area contributed by atoms with Crippen LogP contribution in [0.1, 0.15) is 0 Å². The predicted octanol–water partition coefficient (Wildman–Crippen LogP) is -2.28. The number of methoxy groups -OCH3 is 2. The minimum Gasteiger partial charge on any atom is -0.448 e. The Bertz CT molecular complexity index is 184. The Kier molecular flexibility index (Phi) is 7.59. The Morgan fingerprint density at radius 2 is 1.53 bits per heavy atom. The van der Waals surface area contributed by atoms with E-state index in [2.05, 4.69) is 0 Å². The summed E-state index contributed by atoms with van der Waals surface area (Å²) in [4.78, 5) is 1.32. The van der Waals surface area contributed by atoms with Crippen molar-refractivity contribution in [1.29, 1.82) is 0 Å². The first kappa shape index (κ1) is 16.4. The van der Waals surface area contributed by atoms with E-state index in [4.69, 9.17) is 9.47 Å². The maximum absolute atomic E-state index is 12.1. The number of hydrogen-bond acceptors (Lipinski definition) is 3. The molecule has 3 nitrogen and oxygen atoms in total. The molecule has 1 aliphatic rings. The molecule has 84 valence electrons. The van der Waals surface area contributed by atoms with E-state index in [1.807, 2.05) is 0 Å². The maximum Gasteiger partial charge on any atom is 1.00 e. The van der Waals surface area contributed by atoms with Crippen LogP contribution in [0.2, 0.25) is 0 Å². The number of nitrogens with zero attached hydrogens (tertiary/aromatic N) is 1. The van der Waals surface area contributed by atoms with Crippen LogP contribution in [0.4, 0.5) is 12.9 Å². The molecule has 8 heteroatoms. The first-order valence-electron chi connectivity index (χ1n) is 4.45. The number of ether oxygens (including phenoxy) is 2. The molecule has 0 aromatic heterocycles. The Morgan fingerprint density at radius 3 is 1.80 bits per heavy atom. The molecule has 1 heterocycles. The number of likely N-dealkylation sites (tertiary alicyclic amines) is 1. The quantitative estimate of drug-likeness (QED) is 0.526. The minimum absolute atomic E-state index is 0. The third kappa shape index (κ3) is 5.49. The standard InChI is InChI=1S/C7H14BF3NO2.K/c1-13-6-3-12(4-7(6)14-2)5-8(9,10)11;/h6-7H,3-5H2,1-2H3;/q-1;+1. The molecule has 0 saturated carbocycles. The van der Waals surface area contributed by atoms with E-state index in [0.29, 0.717) is 0 Å². The van der Waals surface area contributed by atoms with Gasteiger partial charge in [-0.15, -0.1) is 0 Å². The molecular weight excluding hydrogens is 237 g/mol. The second kappa shape index (κ2) is 6.95. The van der Waals surface area contributed by atoms with Crippen molar-refractivity contribution in [2.45, 2.75) is 12.2 Å². The van der Waals surface area contributed by atoms with Gasteiger partial charge in [0.05, 0.1) is 12.2 Å². The Balaban J connectivity index is 0.00000196. The van der Waals surface area contributed by atoms with Crippen molar-refractivity contribution in [3.05, 3.63) is 0 Å². The van der Waals surface area contributed by atoms with Crippen molar-refractivity contribution in [2.24, 2.45) is 0 Å². The molecule has 0 N–H and O–H groups in total. The summed E-state index contributed by atoms with van der Waals surface area (Å²) in [7, 11) is 2.97. The van der Waals surface area contributed by atoms with E-state index in [-0.39, 0.29) is 76.7 Å². The molecule has 2 atom stereocenters. The van der Waals surface area contributed by atoms with E-state index < -0.39 is 13.4 Å². The van der Waals surface area contributed by atoms with Crippen LogP contribution in [0.15, 0.2) is 0 Å². The van der Waals surface area contributed by atoms with Gasteiger partial charge in [0, 0.05) is 27.3 Å². The third-order valence-corrected chi connectivity index (χ3v) is 2.36. The molecular formula is C7H14BF3KNO2. The van der Waals surface area contributed by atoms with E-state index in [1.54, 1.807) is 0 Å². The van der Waals surface area contributed by atoms with Crippen molar-refractivity contribution in [2.75, 3.05) is 33.8 Å². The molecule has 0 bridgehead atoms. The van der Waals surface area contributed by atoms with Crippen molar-refractivity contribution in [1.82, 2.24) is 4.90 Å². The fourth-order valence-electron chi connectivity index (χ4n) is 1.71. The molecule has 0 spiro atoms. The van der Waals surface area contributed by atoms with Gasteiger partial charge in [-0.2, -0.15) is 0 Å². The fourth-order valence-corrected chi connectivity index (χ4v) is 1.71. The van der Waals surface area contributed by atoms with Crippen LogP contribution < -0.4 is 51.4 Å². The fraction of sp³-hybridized carbons (Fsp3) is 1.00.